The lowest BCUT2D eigenvalue weighted by Gasteiger charge is -2.22. The van der Waals surface area contributed by atoms with Crippen molar-refractivity contribution in [3.8, 4) is 11.5 Å². The van der Waals surface area contributed by atoms with E-state index in [1.165, 1.54) is 19.2 Å². The maximum Gasteiger partial charge on any atom is 0.167 e. The molecule has 5 heteroatoms. The predicted octanol–water partition coefficient (Wildman–Crippen LogP) is 2.36. The number of benzene rings is 1. The maximum atomic E-state index is 13.6. The molecule has 1 atom stereocenters. The van der Waals surface area contributed by atoms with Gasteiger partial charge in [0, 0.05) is 18.7 Å². The van der Waals surface area contributed by atoms with Crippen LogP contribution in [0.3, 0.4) is 0 Å². The molecule has 2 rings (SSSR count). The first-order chi connectivity index (χ1) is 8.70. The third-order valence-electron chi connectivity index (χ3n) is 2.98. The van der Waals surface area contributed by atoms with Gasteiger partial charge in [0.1, 0.15) is 12.4 Å². The molecule has 2 N–H and O–H groups in total. The van der Waals surface area contributed by atoms with Gasteiger partial charge in [-0.1, -0.05) is 0 Å². The molecule has 1 fully saturated rings. The second-order valence-electron chi connectivity index (χ2n) is 4.32. The molecule has 0 saturated carbocycles. The zero-order chi connectivity index (χ0) is 13.0. The second-order valence-corrected chi connectivity index (χ2v) is 4.32. The molecule has 1 saturated heterocycles. The van der Waals surface area contributed by atoms with E-state index in [-0.39, 0.29) is 17.5 Å². The molecule has 0 spiro atoms. The van der Waals surface area contributed by atoms with Gasteiger partial charge in [-0.15, -0.1) is 0 Å². The van der Waals surface area contributed by atoms with Crippen molar-refractivity contribution in [2.75, 3.05) is 26.1 Å². The van der Waals surface area contributed by atoms with Gasteiger partial charge in [-0.2, -0.15) is 0 Å². The SMILES string of the molecule is COc1cc(OCC2CCCCO2)c(F)cc1N. The second kappa shape index (κ2) is 5.91. The summed E-state index contributed by atoms with van der Waals surface area (Å²) in [5, 5.41) is 0. The van der Waals surface area contributed by atoms with Crippen molar-refractivity contribution in [2.24, 2.45) is 0 Å². The lowest BCUT2D eigenvalue weighted by atomic mass is 10.1. The van der Waals surface area contributed by atoms with Crippen LogP contribution in [-0.2, 0) is 4.74 Å². The zero-order valence-corrected chi connectivity index (χ0v) is 10.4. The Balaban J connectivity index is 1.99. The quantitative estimate of drug-likeness (QED) is 0.839. The summed E-state index contributed by atoms with van der Waals surface area (Å²) >= 11 is 0. The first-order valence-electron chi connectivity index (χ1n) is 6.08. The summed E-state index contributed by atoms with van der Waals surface area (Å²) in [6, 6.07) is 2.67. The van der Waals surface area contributed by atoms with Crippen molar-refractivity contribution in [3.05, 3.63) is 17.9 Å². The molecule has 0 amide bonds. The largest absolute Gasteiger partial charge is 0.494 e. The van der Waals surface area contributed by atoms with Crippen LogP contribution >= 0.6 is 0 Å². The van der Waals surface area contributed by atoms with Gasteiger partial charge in [0.05, 0.1) is 18.9 Å². The normalized spacial score (nSPS) is 19.6. The monoisotopic (exact) mass is 255 g/mol. The van der Waals surface area contributed by atoms with Crippen molar-refractivity contribution >= 4 is 5.69 Å². The number of methoxy groups -OCH3 is 1. The van der Waals surface area contributed by atoms with E-state index in [1.54, 1.807) is 0 Å². The fraction of sp³-hybridized carbons (Fsp3) is 0.538. The van der Waals surface area contributed by atoms with E-state index in [1.807, 2.05) is 0 Å². The molecule has 1 aliphatic rings. The summed E-state index contributed by atoms with van der Waals surface area (Å²) < 4.78 is 29.6. The Hall–Kier alpha value is -1.49. The molecule has 4 nitrogen and oxygen atoms in total. The number of hydrogen-bond acceptors (Lipinski definition) is 4. The third kappa shape index (κ3) is 3.04. The summed E-state index contributed by atoms with van der Waals surface area (Å²) in [5.41, 5.74) is 5.85. The van der Waals surface area contributed by atoms with E-state index in [0.717, 1.165) is 25.9 Å². The Morgan fingerprint density at radius 1 is 1.39 bits per heavy atom. The highest BCUT2D eigenvalue weighted by Crippen LogP contribution is 2.30. The first kappa shape index (κ1) is 13.0. The summed E-state index contributed by atoms with van der Waals surface area (Å²) in [7, 11) is 1.48. The zero-order valence-electron chi connectivity index (χ0n) is 10.4. The Morgan fingerprint density at radius 3 is 2.89 bits per heavy atom. The van der Waals surface area contributed by atoms with Crippen molar-refractivity contribution in [1.29, 1.82) is 0 Å². The average Bonchev–Trinajstić information content (AvgIpc) is 2.39. The minimum absolute atomic E-state index is 0.0432. The molecule has 1 aliphatic heterocycles. The van der Waals surface area contributed by atoms with Gasteiger partial charge in [0.2, 0.25) is 0 Å². The Labute approximate surface area is 106 Å². The van der Waals surface area contributed by atoms with Crippen LogP contribution in [0.5, 0.6) is 11.5 Å². The summed E-state index contributed by atoms with van der Waals surface area (Å²) in [6.07, 6.45) is 3.21. The first-order valence-corrected chi connectivity index (χ1v) is 6.08. The van der Waals surface area contributed by atoms with Crippen LogP contribution in [-0.4, -0.2) is 26.4 Å². The molecular weight excluding hydrogens is 237 g/mol. The molecule has 100 valence electrons. The molecule has 0 radical (unpaired) electrons. The van der Waals surface area contributed by atoms with Gasteiger partial charge < -0.3 is 19.9 Å². The summed E-state index contributed by atoms with van der Waals surface area (Å²) in [5.74, 6) is 0.0790. The van der Waals surface area contributed by atoms with E-state index < -0.39 is 5.82 Å². The highest BCUT2D eigenvalue weighted by Gasteiger charge is 2.16. The number of anilines is 1. The van der Waals surface area contributed by atoms with E-state index in [0.29, 0.717) is 12.4 Å². The van der Waals surface area contributed by atoms with Gasteiger partial charge in [0.15, 0.2) is 11.6 Å². The van der Waals surface area contributed by atoms with Gasteiger partial charge in [-0.25, -0.2) is 4.39 Å². The predicted molar refractivity (Wildman–Crippen MR) is 66.5 cm³/mol. The molecule has 1 unspecified atom stereocenters. The molecule has 0 aromatic heterocycles. The lowest BCUT2D eigenvalue weighted by molar-refractivity contribution is -0.0117. The Bertz CT molecular complexity index is 405. The van der Waals surface area contributed by atoms with Gasteiger partial charge in [-0.3, -0.25) is 0 Å². The minimum atomic E-state index is -0.482. The van der Waals surface area contributed by atoms with Crippen LogP contribution in [0.25, 0.3) is 0 Å². The molecule has 1 aromatic rings. The minimum Gasteiger partial charge on any atom is -0.494 e. The smallest absolute Gasteiger partial charge is 0.167 e. The number of hydrogen-bond donors (Lipinski definition) is 1. The molecular formula is C13H18FNO3. The Kier molecular flexibility index (Phi) is 4.25. The van der Waals surface area contributed by atoms with Crippen LogP contribution in [0.2, 0.25) is 0 Å². The van der Waals surface area contributed by atoms with Crippen molar-refractivity contribution in [2.45, 2.75) is 25.4 Å². The Morgan fingerprint density at radius 2 is 2.22 bits per heavy atom. The fourth-order valence-corrected chi connectivity index (χ4v) is 1.96. The van der Waals surface area contributed by atoms with Crippen LogP contribution in [0.4, 0.5) is 10.1 Å². The highest BCUT2D eigenvalue weighted by molar-refractivity contribution is 5.56. The molecule has 0 bridgehead atoms. The van der Waals surface area contributed by atoms with Crippen LogP contribution in [0.1, 0.15) is 19.3 Å². The molecule has 1 aromatic carbocycles. The highest BCUT2D eigenvalue weighted by atomic mass is 19.1. The topological polar surface area (TPSA) is 53.7 Å². The van der Waals surface area contributed by atoms with Gasteiger partial charge in [-0.05, 0) is 19.3 Å². The van der Waals surface area contributed by atoms with Crippen molar-refractivity contribution < 1.29 is 18.6 Å². The third-order valence-corrected chi connectivity index (χ3v) is 2.98. The number of ether oxygens (including phenoxy) is 3. The van der Waals surface area contributed by atoms with Crippen molar-refractivity contribution in [1.82, 2.24) is 0 Å². The average molecular weight is 255 g/mol. The lowest BCUT2D eigenvalue weighted by Crippen LogP contribution is -2.26. The van der Waals surface area contributed by atoms with Crippen molar-refractivity contribution in [3.63, 3.8) is 0 Å². The van der Waals surface area contributed by atoms with E-state index in [4.69, 9.17) is 19.9 Å². The number of halogens is 1. The number of nitrogen functional groups attached to an aromatic ring is 1. The van der Waals surface area contributed by atoms with E-state index in [9.17, 15) is 4.39 Å². The summed E-state index contributed by atoms with van der Waals surface area (Å²) in [6.45, 7) is 1.10. The molecule has 0 aliphatic carbocycles. The van der Waals surface area contributed by atoms with Crippen LogP contribution in [0.15, 0.2) is 12.1 Å². The van der Waals surface area contributed by atoms with E-state index in [2.05, 4.69) is 0 Å². The standard InChI is InChI=1S/C13H18FNO3/c1-16-13-7-12(10(14)6-11(13)15)18-8-9-4-2-3-5-17-9/h6-7,9H,2-5,8,15H2,1H3. The molecule has 1 heterocycles. The molecule has 18 heavy (non-hydrogen) atoms. The van der Waals surface area contributed by atoms with Crippen LogP contribution < -0.4 is 15.2 Å². The van der Waals surface area contributed by atoms with Crippen LogP contribution in [0, 0.1) is 5.82 Å². The number of rotatable bonds is 4. The summed E-state index contributed by atoms with van der Waals surface area (Å²) in [4.78, 5) is 0. The maximum absolute atomic E-state index is 13.6. The fourth-order valence-electron chi connectivity index (χ4n) is 1.96. The van der Waals surface area contributed by atoms with E-state index >= 15 is 0 Å². The number of nitrogens with two attached hydrogens (primary N) is 1. The van der Waals surface area contributed by atoms with Gasteiger partial charge >= 0.3 is 0 Å². The van der Waals surface area contributed by atoms with Gasteiger partial charge in [0.25, 0.3) is 0 Å².